The van der Waals surface area contributed by atoms with Crippen molar-refractivity contribution < 1.29 is 4.79 Å². The van der Waals surface area contributed by atoms with Crippen molar-refractivity contribution in [1.82, 2.24) is 19.9 Å². The van der Waals surface area contributed by atoms with Crippen LogP contribution in [0.4, 0.5) is 5.82 Å². The summed E-state index contributed by atoms with van der Waals surface area (Å²) in [6.07, 6.45) is 6.70. The molecule has 0 aliphatic carbocycles. The Morgan fingerprint density at radius 3 is 2.96 bits per heavy atom. The first-order valence-electron chi connectivity index (χ1n) is 7.55. The second kappa shape index (κ2) is 7.02. The van der Waals surface area contributed by atoms with Gasteiger partial charge in [0.05, 0.1) is 12.7 Å². The minimum Gasteiger partial charge on any atom is -0.346 e. The van der Waals surface area contributed by atoms with Crippen LogP contribution in [0.15, 0.2) is 55.1 Å². The molecule has 6 heteroatoms. The molecule has 0 saturated heterocycles. The van der Waals surface area contributed by atoms with Gasteiger partial charge in [0.1, 0.15) is 0 Å². The van der Waals surface area contributed by atoms with Gasteiger partial charge in [0.15, 0.2) is 5.82 Å². The van der Waals surface area contributed by atoms with E-state index in [0.717, 1.165) is 6.54 Å². The smallest absolute Gasteiger partial charge is 0.239 e. The van der Waals surface area contributed by atoms with Crippen LogP contribution in [0.5, 0.6) is 0 Å². The largest absolute Gasteiger partial charge is 0.346 e. The SMILES string of the molecule is C[C@@H](Cn1ccc2ccccc21)NCC(=O)Nc1cnccn1. The first-order valence-corrected chi connectivity index (χ1v) is 7.55. The summed E-state index contributed by atoms with van der Waals surface area (Å²) in [6, 6.07) is 10.5. The van der Waals surface area contributed by atoms with Gasteiger partial charge < -0.3 is 15.2 Å². The minimum absolute atomic E-state index is 0.130. The molecule has 118 valence electrons. The first-order chi connectivity index (χ1) is 11.2. The van der Waals surface area contributed by atoms with E-state index in [4.69, 9.17) is 0 Å². The van der Waals surface area contributed by atoms with Crippen LogP contribution in [0.3, 0.4) is 0 Å². The van der Waals surface area contributed by atoms with Crippen molar-refractivity contribution in [3.05, 3.63) is 55.1 Å². The van der Waals surface area contributed by atoms with E-state index in [-0.39, 0.29) is 18.5 Å². The number of carbonyl (C=O) groups is 1. The van der Waals surface area contributed by atoms with E-state index in [2.05, 4.69) is 56.5 Å². The third kappa shape index (κ3) is 3.92. The molecule has 1 aromatic carbocycles. The summed E-state index contributed by atoms with van der Waals surface area (Å²) in [5, 5.41) is 7.15. The van der Waals surface area contributed by atoms with E-state index >= 15 is 0 Å². The van der Waals surface area contributed by atoms with Gasteiger partial charge in [-0.3, -0.25) is 9.78 Å². The Morgan fingerprint density at radius 2 is 2.13 bits per heavy atom. The van der Waals surface area contributed by atoms with Crippen LogP contribution in [0.25, 0.3) is 10.9 Å². The number of para-hydroxylation sites is 1. The molecule has 0 radical (unpaired) electrons. The molecule has 2 heterocycles. The molecule has 6 nitrogen and oxygen atoms in total. The second-order valence-electron chi connectivity index (χ2n) is 5.45. The number of rotatable bonds is 6. The molecule has 0 aliphatic rings. The Morgan fingerprint density at radius 1 is 1.26 bits per heavy atom. The van der Waals surface area contributed by atoms with Gasteiger partial charge >= 0.3 is 0 Å². The molecule has 0 unspecified atom stereocenters. The monoisotopic (exact) mass is 309 g/mol. The average molecular weight is 309 g/mol. The average Bonchev–Trinajstić information content (AvgIpc) is 2.97. The summed E-state index contributed by atoms with van der Waals surface area (Å²) in [7, 11) is 0. The Bertz CT molecular complexity index is 784. The highest BCUT2D eigenvalue weighted by Gasteiger charge is 2.08. The molecule has 1 amide bonds. The van der Waals surface area contributed by atoms with Crippen LogP contribution in [-0.4, -0.2) is 33.0 Å². The molecule has 0 bridgehead atoms. The van der Waals surface area contributed by atoms with Gasteiger partial charge in [-0.2, -0.15) is 0 Å². The van der Waals surface area contributed by atoms with Crippen LogP contribution in [0.1, 0.15) is 6.92 Å². The van der Waals surface area contributed by atoms with Gasteiger partial charge in [-0.25, -0.2) is 4.98 Å². The van der Waals surface area contributed by atoms with Gasteiger partial charge in [-0.1, -0.05) is 18.2 Å². The molecule has 1 atom stereocenters. The lowest BCUT2D eigenvalue weighted by atomic mass is 10.2. The van der Waals surface area contributed by atoms with Gasteiger partial charge in [0.25, 0.3) is 0 Å². The number of benzene rings is 1. The van der Waals surface area contributed by atoms with E-state index in [1.165, 1.54) is 17.1 Å². The molecule has 0 fully saturated rings. The van der Waals surface area contributed by atoms with Crippen molar-refractivity contribution >= 4 is 22.6 Å². The van der Waals surface area contributed by atoms with Crippen molar-refractivity contribution in [3.63, 3.8) is 0 Å². The van der Waals surface area contributed by atoms with Gasteiger partial charge in [-0.05, 0) is 24.4 Å². The third-order valence-electron chi connectivity index (χ3n) is 3.59. The van der Waals surface area contributed by atoms with Crippen molar-refractivity contribution in [2.45, 2.75) is 19.5 Å². The quantitative estimate of drug-likeness (QED) is 0.731. The number of aromatic nitrogens is 3. The van der Waals surface area contributed by atoms with E-state index in [9.17, 15) is 4.79 Å². The Hall–Kier alpha value is -2.73. The molecule has 0 aliphatic heterocycles. The molecule has 3 rings (SSSR count). The number of nitrogens with zero attached hydrogens (tertiary/aromatic N) is 3. The topological polar surface area (TPSA) is 71.8 Å². The number of amides is 1. The highest BCUT2D eigenvalue weighted by atomic mass is 16.2. The van der Waals surface area contributed by atoms with Crippen LogP contribution < -0.4 is 10.6 Å². The standard InChI is InChI=1S/C17H19N5O/c1-13(12-22-9-6-14-4-2-3-5-15(14)22)20-11-17(23)21-16-10-18-7-8-19-16/h2-10,13,20H,11-12H2,1H3,(H,19,21,23)/t13-/m0/s1. The number of hydrogen-bond acceptors (Lipinski definition) is 4. The Labute approximate surface area is 134 Å². The van der Waals surface area contributed by atoms with Gasteiger partial charge in [-0.15, -0.1) is 0 Å². The molecule has 3 aromatic rings. The molecular formula is C17H19N5O. The predicted molar refractivity (Wildman–Crippen MR) is 90.1 cm³/mol. The minimum atomic E-state index is -0.130. The van der Waals surface area contributed by atoms with Crippen molar-refractivity contribution in [2.24, 2.45) is 0 Å². The summed E-state index contributed by atoms with van der Waals surface area (Å²) in [5.41, 5.74) is 1.20. The molecule has 2 aromatic heterocycles. The van der Waals surface area contributed by atoms with Crippen LogP contribution in [0.2, 0.25) is 0 Å². The lowest BCUT2D eigenvalue weighted by molar-refractivity contribution is -0.115. The lowest BCUT2D eigenvalue weighted by Gasteiger charge is -2.15. The third-order valence-corrected chi connectivity index (χ3v) is 3.59. The number of anilines is 1. The number of carbonyl (C=O) groups excluding carboxylic acids is 1. The Balaban J connectivity index is 1.51. The van der Waals surface area contributed by atoms with Crippen molar-refractivity contribution in [2.75, 3.05) is 11.9 Å². The lowest BCUT2D eigenvalue weighted by Crippen LogP contribution is -2.36. The van der Waals surface area contributed by atoms with E-state index < -0.39 is 0 Å². The summed E-state index contributed by atoms with van der Waals surface area (Å²) >= 11 is 0. The molecule has 0 spiro atoms. The van der Waals surface area contributed by atoms with E-state index in [1.807, 2.05) is 12.1 Å². The predicted octanol–water partition coefficient (Wildman–Crippen LogP) is 2.05. The van der Waals surface area contributed by atoms with Crippen molar-refractivity contribution in [3.8, 4) is 0 Å². The fourth-order valence-electron chi connectivity index (χ4n) is 2.48. The van der Waals surface area contributed by atoms with Crippen LogP contribution in [0, 0.1) is 0 Å². The molecule has 0 saturated carbocycles. The highest BCUT2D eigenvalue weighted by molar-refractivity contribution is 5.91. The molecular weight excluding hydrogens is 290 g/mol. The molecule has 23 heavy (non-hydrogen) atoms. The summed E-state index contributed by atoms with van der Waals surface area (Å²) in [6.45, 7) is 3.09. The van der Waals surface area contributed by atoms with Gasteiger partial charge in [0.2, 0.25) is 5.91 Å². The van der Waals surface area contributed by atoms with Gasteiger partial charge in [0, 0.05) is 36.7 Å². The van der Waals surface area contributed by atoms with Crippen LogP contribution >= 0.6 is 0 Å². The zero-order valence-corrected chi connectivity index (χ0v) is 12.9. The normalized spacial score (nSPS) is 12.2. The fourth-order valence-corrected chi connectivity index (χ4v) is 2.48. The maximum atomic E-state index is 11.9. The second-order valence-corrected chi connectivity index (χ2v) is 5.45. The summed E-state index contributed by atoms with van der Waals surface area (Å²) in [5.74, 6) is 0.332. The fraction of sp³-hybridized carbons (Fsp3) is 0.235. The summed E-state index contributed by atoms with van der Waals surface area (Å²) < 4.78 is 2.19. The highest BCUT2D eigenvalue weighted by Crippen LogP contribution is 2.15. The zero-order chi connectivity index (χ0) is 16.1. The first kappa shape index (κ1) is 15.2. The Kier molecular flexibility index (Phi) is 4.63. The number of fused-ring (bicyclic) bond motifs is 1. The van der Waals surface area contributed by atoms with E-state index in [0.29, 0.717) is 5.82 Å². The maximum absolute atomic E-state index is 11.9. The summed E-state index contributed by atoms with van der Waals surface area (Å²) in [4.78, 5) is 19.8. The number of hydrogen-bond donors (Lipinski definition) is 2. The van der Waals surface area contributed by atoms with E-state index in [1.54, 1.807) is 12.4 Å². The van der Waals surface area contributed by atoms with Crippen LogP contribution in [-0.2, 0) is 11.3 Å². The number of nitrogens with one attached hydrogen (secondary N) is 2. The molecule has 2 N–H and O–H groups in total. The van der Waals surface area contributed by atoms with Crippen molar-refractivity contribution in [1.29, 1.82) is 0 Å². The zero-order valence-electron chi connectivity index (χ0n) is 12.9. The maximum Gasteiger partial charge on any atom is 0.239 e.